The molecule has 1 aromatic carbocycles. The van der Waals surface area contributed by atoms with Crippen LogP contribution in [-0.2, 0) is 6.18 Å². The normalized spacial score (nSPS) is 15.6. The van der Waals surface area contributed by atoms with E-state index in [-0.39, 0.29) is 29.5 Å². The van der Waals surface area contributed by atoms with Gasteiger partial charge in [-0.05, 0) is 43.2 Å². The highest BCUT2D eigenvalue weighted by molar-refractivity contribution is 6.01. The van der Waals surface area contributed by atoms with Crippen molar-refractivity contribution in [1.29, 1.82) is 0 Å². The number of alkyl halides is 3. The van der Waals surface area contributed by atoms with Crippen molar-refractivity contribution in [3.05, 3.63) is 47.8 Å². The highest BCUT2D eigenvalue weighted by atomic mass is 19.4. The van der Waals surface area contributed by atoms with Gasteiger partial charge < -0.3 is 9.26 Å². The van der Waals surface area contributed by atoms with Gasteiger partial charge in [0.15, 0.2) is 5.78 Å². The molecule has 0 amide bonds. The summed E-state index contributed by atoms with van der Waals surface area (Å²) in [6, 6.07) is 7.19. The van der Waals surface area contributed by atoms with Crippen LogP contribution in [0.3, 0.4) is 0 Å². The van der Waals surface area contributed by atoms with Crippen LogP contribution in [0, 0.1) is 0 Å². The van der Waals surface area contributed by atoms with Crippen molar-refractivity contribution in [3.8, 4) is 28.6 Å². The number of benzene rings is 1. The van der Waals surface area contributed by atoms with Crippen molar-refractivity contribution < 1.29 is 27.2 Å². The van der Waals surface area contributed by atoms with Gasteiger partial charge in [-0.2, -0.15) is 18.2 Å². The van der Waals surface area contributed by atoms with E-state index >= 15 is 0 Å². The molecule has 0 unspecified atom stereocenters. The molecule has 0 atom stereocenters. The van der Waals surface area contributed by atoms with E-state index in [9.17, 15) is 18.0 Å². The first-order valence-electron chi connectivity index (χ1n) is 9.48. The third kappa shape index (κ3) is 3.55. The van der Waals surface area contributed by atoms with Gasteiger partial charge in [0.2, 0.25) is 5.82 Å². The van der Waals surface area contributed by atoms with Crippen LogP contribution in [0.1, 0.15) is 49.2 Å². The number of Topliss-reactive ketones (excluding diaryl/α,β-unsaturated/α-hetero) is 1. The molecule has 6 nitrogen and oxygen atoms in total. The molecule has 0 saturated heterocycles. The zero-order valence-electron chi connectivity index (χ0n) is 16.3. The summed E-state index contributed by atoms with van der Waals surface area (Å²) in [7, 11) is 0. The van der Waals surface area contributed by atoms with Crippen LogP contribution in [0.2, 0.25) is 0 Å². The fraction of sp³-hybridized carbons (Fsp3) is 0.333. The van der Waals surface area contributed by atoms with E-state index in [1.54, 1.807) is 18.2 Å². The number of fused-ring (bicyclic) bond motifs is 1. The van der Waals surface area contributed by atoms with Crippen LogP contribution in [0.25, 0.3) is 22.8 Å². The minimum Gasteiger partial charge on any atom is -0.486 e. The van der Waals surface area contributed by atoms with E-state index in [0.717, 1.165) is 25.1 Å². The quantitative estimate of drug-likeness (QED) is 0.570. The molecule has 9 heteroatoms. The third-order valence-corrected chi connectivity index (χ3v) is 5.36. The highest BCUT2D eigenvalue weighted by Gasteiger charge is 2.38. The molecule has 3 heterocycles. The Hall–Kier alpha value is -3.23. The summed E-state index contributed by atoms with van der Waals surface area (Å²) in [5.74, 6) is 0.552. The Morgan fingerprint density at radius 3 is 2.57 bits per heavy atom. The van der Waals surface area contributed by atoms with Gasteiger partial charge in [-0.25, -0.2) is 0 Å². The predicted molar refractivity (Wildman–Crippen MR) is 101 cm³/mol. The zero-order valence-corrected chi connectivity index (χ0v) is 16.3. The number of aromatic nitrogens is 3. The van der Waals surface area contributed by atoms with Crippen molar-refractivity contribution >= 4 is 5.78 Å². The number of ether oxygens (including phenoxy) is 1. The second-order valence-electron chi connectivity index (χ2n) is 7.15. The molecular formula is C21H18F3N3O3. The van der Waals surface area contributed by atoms with Crippen LogP contribution in [0.4, 0.5) is 13.2 Å². The molecule has 3 aromatic rings. The smallest absolute Gasteiger partial charge is 0.433 e. The molecule has 0 radical (unpaired) electrons. The van der Waals surface area contributed by atoms with Crippen LogP contribution in [0.5, 0.6) is 5.75 Å². The van der Waals surface area contributed by atoms with E-state index in [1.807, 2.05) is 13.8 Å². The van der Waals surface area contributed by atoms with Gasteiger partial charge in [-0.1, -0.05) is 19.0 Å². The summed E-state index contributed by atoms with van der Waals surface area (Å²) >= 11 is 0. The van der Waals surface area contributed by atoms with Gasteiger partial charge in [0.05, 0.1) is 12.0 Å². The number of carbonyl (C=O) groups excluding carboxylic acids is 1. The topological polar surface area (TPSA) is 78.1 Å². The summed E-state index contributed by atoms with van der Waals surface area (Å²) in [5.41, 5.74) is -0.512. The first kappa shape index (κ1) is 20.1. The maximum atomic E-state index is 12.9. The predicted octanol–water partition coefficient (Wildman–Crippen LogP) is 5.34. The molecule has 0 spiro atoms. The standard InChI is InChI=1S/C21H18F3N3O3/c1-3-20(4-2)11-15(28)14-9-13(5-6-16(14)29-20)19-26-18(27-30-19)12-7-8-25-17(10-12)21(22,23)24/h5-10H,3-4,11H2,1-2H3. The summed E-state index contributed by atoms with van der Waals surface area (Å²) in [6.07, 6.45) is -1.82. The largest absolute Gasteiger partial charge is 0.486 e. The first-order valence-corrected chi connectivity index (χ1v) is 9.48. The number of rotatable bonds is 4. The Kier molecular flexibility index (Phi) is 4.83. The summed E-state index contributed by atoms with van der Waals surface area (Å²) in [5, 5.41) is 3.77. The van der Waals surface area contributed by atoms with E-state index in [2.05, 4.69) is 15.1 Å². The van der Waals surface area contributed by atoms with E-state index in [0.29, 0.717) is 16.9 Å². The Morgan fingerprint density at radius 1 is 1.10 bits per heavy atom. The number of hydrogen-bond donors (Lipinski definition) is 0. The SMILES string of the molecule is CCC1(CC)CC(=O)c2cc(-c3nc(-c4ccnc(C(F)(F)F)c4)no3)ccc2O1. The molecule has 0 fully saturated rings. The van der Waals surface area contributed by atoms with Crippen molar-refractivity contribution in [2.45, 2.75) is 44.9 Å². The number of halogens is 3. The molecule has 30 heavy (non-hydrogen) atoms. The fourth-order valence-electron chi connectivity index (χ4n) is 3.45. The molecular weight excluding hydrogens is 399 g/mol. The Morgan fingerprint density at radius 2 is 1.87 bits per heavy atom. The third-order valence-electron chi connectivity index (χ3n) is 5.36. The molecule has 0 saturated carbocycles. The molecule has 1 aliphatic heterocycles. The van der Waals surface area contributed by atoms with Crippen molar-refractivity contribution in [3.63, 3.8) is 0 Å². The van der Waals surface area contributed by atoms with Gasteiger partial charge >= 0.3 is 6.18 Å². The summed E-state index contributed by atoms with van der Waals surface area (Å²) in [4.78, 5) is 20.2. The molecule has 0 bridgehead atoms. The molecule has 4 rings (SSSR count). The average Bonchev–Trinajstić information content (AvgIpc) is 3.23. The van der Waals surface area contributed by atoms with Gasteiger partial charge in [-0.15, -0.1) is 0 Å². The molecule has 156 valence electrons. The number of pyridine rings is 1. The Labute approximate surface area is 170 Å². The van der Waals surface area contributed by atoms with Crippen LogP contribution >= 0.6 is 0 Å². The van der Waals surface area contributed by atoms with Crippen LogP contribution in [-0.4, -0.2) is 26.5 Å². The average molecular weight is 417 g/mol. The lowest BCUT2D eigenvalue weighted by molar-refractivity contribution is -0.141. The van der Waals surface area contributed by atoms with Crippen LogP contribution < -0.4 is 4.74 Å². The van der Waals surface area contributed by atoms with E-state index in [4.69, 9.17) is 9.26 Å². The van der Waals surface area contributed by atoms with Gasteiger partial charge in [0, 0.05) is 17.3 Å². The first-order chi connectivity index (χ1) is 14.2. The minimum absolute atomic E-state index is 0.00539. The van der Waals surface area contributed by atoms with Gasteiger partial charge in [0.1, 0.15) is 17.0 Å². The van der Waals surface area contributed by atoms with E-state index < -0.39 is 17.5 Å². The number of hydrogen-bond acceptors (Lipinski definition) is 6. The Bertz CT molecular complexity index is 1100. The van der Waals surface area contributed by atoms with Crippen molar-refractivity contribution in [2.75, 3.05) is 0 Å². The zero-order chi connectivity index (χ0) is 21.5. The maximum absolute atomic E-state index is 12.9. The number of ketones is 1. The lowest BCUT2D eigenvalue weighted by Gasteiger charge is -2.36. The monoisotopic (exact) mass is 417 g/mol. The second-order valence-corrected chi connectivity index (χ2v) is 7.15. The van der Waals surface area contributed by atoms with Gasteiger partial charge in [0.25, 0.3) is 5.89 Å². The van der Waals surface area contributed by atoms with Crippen molar-refractivity contribution in [2.24, 2.45) is 0 Å². The summed E-state index contributed by atoms with van der Waals surface area (Å²) in [6.45, 7) is 3.97. The van der Waals surface area contributed by atoms with Gasteiger partial charge in [-0.3, -0.25) is 9.78 Å². The number of nitrogens with zero attached hydrogens (tertiary/aromatic N) is 3. The summed E-state index contributed by atoms with van der Waals surface area (Å²) < 4.78 is 50.0. The molecule has 1 aliphatic rings. The fourth-order valence-corrected chi connectivity index (χ4v) is 3.45. The molecule has 2 aromatic heterocycles. The number of carbonyl (C=O) groups is 1. The highest BCUT2D eigenvalue weighted by Crippen LogP contribution is 2.39. The van der Waals surface area contributed by atoms with Crippen molar-refractivity contribution in [1.82, 2.24) is 15.1 Å². The lowest BCUT2D eigenvalue weighted by atomic mass is 9.85. The molecule has 0 N–H and O–H groups in total. The maximum Gasteiger partial charge on any atom is 0.433 e. The van der Waals surface area contributed by atoms with Crippen LogP contribution in [0.15, 0.2) is 41.1 Å². The van der Waals surface area contributed by atoms with E-state index in [1.165, 1.54) is 6.07 Å². The second kappa shape index (κ2) is 7.23. The minimum atomic E-state index is -4.58. The molecule has 0 aliphatic carbocycles. The Balaban J connectivity index is 1.66. The lowest BCUT2D eigenvalue weighted by Crippen LogP contribution is -2.40.